The van der Waals surface area contributed by atoms with Crippen LogP contribution in [0.25, 0.3) is 11.1 Å². The summed E-state index contributed by atoms with van der Waals surface area (Å²) in [5.74, 6) is -1.93. The van der Waals surface area contributed by atoms with E-state index in [0.717, 1.165) is 6.07 Å². The maximum absolute atomic E-state index is 14.2. The molecule has 3 aromatic rings. The molecule has 0 saturated heterocycles. The van der Waals surface area contributed by atoms with Gasteiger partial charge in [0.25, 0.3) is 0 Å². The third kappa shape index (κ3) is 3.82. The van der Waals surface area contributed by atoms with Crippen LogP contribution in [0.1, 0.15) is 11.8 Å². The predicted octanol–water partition coefficient (Wildman–Crippen LogP) is 5.86. The number of nitrogens with one attached hydrogen (secondary N) is 1. The van der Waals surface area contributed by atoms with Crippen molar-refractivity contribution in [3.63, 3.8) is 0 Å². The summed E-state index contributed by atoms with van der Waals surface area (Å²) in [6, 6.07) is 13.5. The van der Waals surface area contributed by atoms with Gasteiger partial charge in [-0.15, -0.1) is 0 Å². The molecule has 134 valence electrons. The Kier molecular flexibility index (Phi) is 5.46. The first-order chi connectivity index (χ1) is 12.4. The maximum Gasteiger partial charge on any atom is 0.154 e. The van der Waals surface area contributed by atoms with Crippen molar-refractivity contribution in [2.24, 2.45) is 0 Å². The Bertz CT molecular complexity index is 954. The first kappa shape index (κ1) is 18.6. The molecule has 7 heteroatoms. The van der Waals surface area contributed by atoms with Crippen LogP contribution in [-0.2, 0) is 0 Å². The highest BCUT2D eigenvalue weighted by Crippen LogP contribution is 2.36. The van der Waals surface area contributed by atoms with E-state index >= 15 is 0 Å². The van der Waals surface area contributed by atoms with E-state index in [4.69, 9.17) is 11.6 Å². The molecule has 0 aliphatic rings. The second kappa shape index (κ2) is 7.61. The fraction of sp³-hybridized carbons (Fsp3) is 0.0526. The van der Waals surface area contributed by atoms with Gasteiger partial charge in [0.1, 0.15) is 17.4 Å². The van der Waals surface area contributed by atoms with Crippen LogP contribution in [-0.4, -0.2) is 10.2 Å². The lowest BCUT2D eigenvalue weighted by atomic mass is 10.0. The van der Waals surface area contributed by atoms with Gasteiger partial charge in [0.15, 0.2) is 6.23 Å². The fourth-order valence-corrected chi connectivity index (χ4v) is 3.35. The number of rotatable bonds is 4. The van der Waals surface area contributed by atoms with Crippen molar-refractivity contribution in [1.82, 2.24) is 0 Å². The topological polar surface area (TPSA) is 52.5 Å². The molecular formula is C19H13BrClF2NO2. The molecule has 26 heavy (non-hydrogen) atoms. The molecular weight excluding hydrogens is 428 g/mol. The SMILES string of the molecule is Oc1c(Cl)cc(Br)cc1C(O)Nc1cc(-c2ccccc2)c(F)cc1F. The van der Waals surface area contributed by atoms with Crippen molar-refractivity contribution in [3.8, 4) is 16.9 Å². The number of hydrogen-bond acceptors (Lipinski definition) is 3. The molecule has 0 aromatic heterocycles. The molecule has 0 amide bonds. The molecule has 0 radical (unpaired) electrons. The Hall–Kier alpha value is -2.15. The van der Waals surface area contributed by atoms with Gasteiger partial charge in [0.05, 0.1) is 10.7 Å². The zero-order valence-electron chi connectivity index (χ0n) is 13.2. The molecule has 0 fully saturated rings. The van der Waals surface area contributed by atoms with Crippen LogP contribution in [0.3, 0.4) is 0 Å². The minimum Gasteiger partial charge on any atom is -0.506 e. The highest BCUT2D eigenvalue weighted by Gasteiger charge is 2.19. The minimum atomic E-state index is -1.46. The van der Waals surface area contributed by atoms with Gasteiger partial charge < -0.3 is 15.5 Å². The van der Waals surface area contributed by atoms with Gasteiger partial charge >= 0.3 is 0 Å². The van der Waals surface area contributed by atoms with Crippen LogP contribution >= 0.6 is 27.5 Å². The van der Waals surface area contributed by atoms with Gasteiger partial charge in [-0.05, 0) is 23.8 Å². The van der Waals surface area contributed by atoms with Crippen molar-refractivity contribution in [3.05, 3.63) is 81.3 Å². The lowest BCUT2D eigenvalue weighted by Crippen LogP contribution is -2.12. The van der Waals surface area contributed by atoms with E-state index in [1.807, 2.05) is 0 Å². The van der Waals surface area contributed by atoms with E-state index in [1.165, 1.54) is 18.2 Å². The van der Waals surface area contributed by atoms with E-state index < -0.39 is 17.9 Å². The first-order valence-electron chi connectivity index (χ1n) is 7.54. The number of phenolic OH excluding ortho intramolecular Hbond substituents is 1. The number of aliphatic hydroxyl groups is 1. The Morgan fingerprint density at radius 2 is 1.69 bits per heavy atom. The summed E-state index contributed by atoms with van der Waals surface area (Å²) in [6.07, 6.45) is -1.46. The molecule has 1 atom stereocenters. The standard InChI is InChI=1S/C19H13BrClF2NO2/c20-11-6-13(18(25)14(21)7-11)19(26)24-17-8-12(15(22)9-16(17)23)10-4-2-1-3-5-10/h1-9,19,24-26H. The average molecular weight is 441 g/mol. The molecule has 0 spiro atoms. The van der Waals surface area contributed by atoms with Crippen LogP contribution in [0.5, 0.6) is 5.75 Å². The third-order valence-corrected chi connectivity index (χ3v) is 4.53. The smallest absolute Gasteiger partial charge is 0.154 e. The van der Waals surface area contributed by atoms with Crippen molar-refractivity contribution >= 4 is 33.2 Å². The highest BCUT2D eigenvalue weighted by molar-refractivity contribution is 9.10. The second-order valence-electron chi connectivity index (χ2n) is 5.55. The van der Waals surface area contributed by atoms with Gasteiger partial charge in [-0.3, -0.25) is 0 Å². The van der Waals surface area contributed by atoms with Crippen molar-refractivity contribution in [2.45, 2.75) is 6.23 Å². The van der Waals surface area contributed by atoms with Crippen molar-refractivity contribution in [1.29, 1.82) is 0 Å². The number of anilines is 1. The third-order valence-electron chi connectivity index (χ3n) is 3.79. The first-order valence-corrected chi connectivity index (χ1v) is 8.71. The van der Waals surface area contributed by atoms with Gasteiger partial charge in [-0.25, -0.2) is 8.78 Å². The minimum absolute atomic E-state index is 0.0276. The summed E-state index contributed by atoms with van der Waals surface area (Å²) in [4.78, 5) is 0. The Morgan fingerprint density at radius 3 is 2.38 bits per heavy atom. The molecule has 0 heterocycles. The molecule has 1 unspecified atom stereocenters. The molecule has 3 nitrogen and oxygen atoms in total. The Labute approximate surface area is 162 Å². The summed E-state index contributed by atoms with van der Waals surface area (Å²) in [5, 5.41) is 22.9. The lowest BCUT2D eigenvalue weighted by Gasteiger charge is -2.18. The largest absolute Gasteiger partial charge is 0.506 e. The van der Waals surface area contributed by atoms with E-state index in [1.54, 1.807) is 30.3 Å². The molecule has 3 N–H and O–H groups in total. The Morgan fingerprint density at radius 1 is 1.00 bits per heavy atom. The normalized spacial score (nSPS) is 12.0. The van der Waals surface area contributed by atoms with Gasteiger partial charge in [0, 0.05) is 21.7 Å². The van der Waals surface area contributed by atoms with Gasteiger partial charge in [-0.1, -0.05) is 57.9 Å². The number of benzene rings is 3. The Balaban J connectivity index is 1.98. The van der Waals surface area contributed by atoms with Crippen LogP contribution in [0.4, 0.5) is 14.5 Å². The quantitative estimate of drug-likeness (QED) is 0.446. The summed E-state index contributed by atoms with van der Waals surface area (Å²) in [5.41, 5.74) is 0.677. The number of hydrogen-bond donors (Lipinski definition) is 3. The molecule has 0 aliphatic heterocycles. The summed E-state index contributed by atoms with van der Waals surface area (Å²) < 4.78 is 28.9. The molecule has 0 saturated carbocycles. The van der Waals surface area contributed by atoms with Crippen LogP contribution in [0.2, 0.25) is 5.02 Å². The van der Waals surface area contributed by atoms with Crippen molar-refractivity contribution in [2.75, 3.05) is 5.32 Å². The molecule has 0 bridgehead atoms. The molecule has 3 rings (SSSR count). The second-order valence-corrected chi connectivity index (χ2v) is 6.87. The number of halogens is 4. The monoisotopic (exact) mass is 439 g/mol. The molecule has 0 aliphatic carbocycles. The van der Waals surface area contributed by atoms with Crippen molar-refractivity contribution < 1.29 is 19.0 Å². The highest BCUT2D eigenvalue weighted by atomic mass is 79.9. The average Bonchev–Trinajstić information content (AvgIpc) is 2.61. The van der Waals surface area contributed by atoms with Gasteiger partial charge in [-0.2, -0.15) is 0 Å². The number of aliphatic hydroxyl groups excluding tert-OH is 1. The van der Waals surface area contributed by atoms with Crippen LogP contribution in [0, 0.1) is 11.6 Å². The fourth-order valence-electron chi connectivity index (χ4n) is 2.52. The van der Waals surface area contributed by atoms with Crippen LogP contribution < -0.4 is 5.32 Å². The summed E-state index contributed by atoms with van der Waals surface area (Å²) in [7, 11) is 0. The molecule has 3 aromatic carbocycles. The van der Waals surface area contributed by atoms with E-state index in [9.17, 15) is 19.0 Å². The van der Waals surface area contributed by atoms with Crippen LogP contribution in [0.15, 0.2) is 59.1 Å². The van der Waals surface area contributed by atoms with Gasteiger partial charge in [0.2, 0.25) is 0 Å². The zero-order chi connectivity index (χ0) is 18.8. The zero-order valence-corrected chi connectivity index (χ0v) is 15.5. The summed E-state index contributed by atoms with van der Waals surface area (Å²) in [6.45, 7) is 0. The van der Waals surface area contributed by atoms with E-state index in [-0.39, 0.29) is 27.6 Å². The predicted molar refractivity (Wildman–Crippen MR) is 101 cm³/mol. The number of aromatic hydroxyl groups is 1. The lowest BCUT2D eigenvalue weighted by molar-refractivity contribution is 0.203. The summed E-state index contributed by atoms with van der Waals surface area (Å²) >= 11 is 9.09. The van der Waals surface area contributed by atoms with E-state index in [2.05, 4.69) is 21.2 Å². The maximum atomic E-state index is 14.2. The van der Waals surface area contributed by atoms with E-state index in [0.29, 0.717) is 10.0 Å². The number of phenols is 1.